The molecule has 0 saturated carbocycles. The van der Waals surface area contributed by atoms with Crippen LogP contribution in [-0.2, 0) is 4.74 Å². The number of rotatable bonds is 6. The Morgan fingerprint density at radius 1 is 1.27 bits per heavy atom. The zero-order valence-corrected chi connectivity index (χ0v) is 18.0. The van der Waals surface area contributed by atoms with Crippen molar-refractivity contribution in [3.05, 3.63) is 29.2 Å². The number of nitrogens with one attached hydrogen (secondary N) is 1. The summed E-state index contributed by atoms with van der Waals surface area (Å²) in [4.78, 5) is 36.6. The van der Waals surface area contributed by atoms with Gasteiger partial charge in [-0.2, -0.15) is 4.98 Å². The van der Waals surface area contributed by atoms with Crippen LogP contribution in [0.4, 0.5) is 4.79 Å². The second kappa shape index (κ2) is 8.35. The Balaban J connectivity index is 1.76. The Morgan fingerprint density at radius 3 is 2.67 bits per heavy atom. The van der Waals surface area contributed by atoms with Gasteiger partial charge in [-0.3, -0.25) is 4.79 Å². The van der Waals surface area contributed by atoms with Gasteiger partial charge in [-0.05, 0) is 50.9 Å². The van der Waals surface area contributed by atoms with Crippen molar-refractivity contribution in [2.24, 2.45) is 5.73 Å². The molecule has 30 heavy (non-hydrogen) atoms. The van der Waals surface area contributed by atoms with Crippen molar-refractivity contribution in [1.29, 1.82) is 0 Å². The van der Waals surface area contributed by atoms with Gasteiger partial charge in [-0.15, -0.1) is 0 Å². The van der Waals surface area contributed by atoms with E-state index >= 15 is 0 Å². The fourth-order valence-electron chi connectivity index (χ4n) is 2.90. The van der Waals surface area contributed by atoms with Gasteiger partial charge in [0.25, 0.3) is 0 Å². The van der Waals surface area contributed by atoms with Crippen LogP contribution in [0.3, 0.4) is 0 Å². The van der Waals surface area contributed by atoms with Crippen LogP contribution in [0.5, 0.6) is 5.75 Å². The predicted octanol–water partition coefficient (Wildman–Crippen LogP) is 3.50. The van der Waals surface area contributed by atoms with E-state index in [1.807, 2.05) is 20.8 Å². The summed E-state index contributed by atoms with van der Waals surface area (Å²) < 4.78 is 11.2. The number of primary amides is 1. The van der Waals surface area contributed by atoms with Crippen LogP contribution in [0.15, 0.2) is 18.3 Å². The summed E-state index contributed by atoms with van der Waals surface area (Å²) in [6.07, 6.45) is 1.74. The number of benzene rings is 1. The maximum atomic E-state index is 12.0. The highest BCUT2D eigenvalue weighted by Crippen LogP contribution is 2.32. The molecule has 10 heteroatoms. The molecule has 2 aromatic heterocycles. The van der Waals surface area contributed by atoms with Gasteiger partial charge in [-0.1, -0.05) is 0 Å². The van der Waals surface area contributed by atoms with Gasteiger partial charge in [0.2, 0.25) is 11.2 Å². The number of fused-ring (bicyclic) bond motifs is 3. The van der Waals surface area contributed by atoms with E-state index in [1.165, 1.54) is 4.90 Å². The molecular formula is C20H24ClN5O4. The van der Waals surface area contributed by atoms with Gasteiger partial charge in [0.05, 0.1) is 12.1 Å². The first-order valence-corrected chi connectivity index (χ1v) is 9.77. The topological polar surface area (TPSA) is 123 Å². The minimum absolute atomic E-state index is 0.108. The first-order chi connectivity index (χ1) is 14.0. The molecule has 3 N–H and O–H groups in total. The number of nitrogens with zero attached hydrogens (tertiary/aromatic N) is 3. The van der Waals surface area contributed by atoms with Crippen molar-refractivity contribution in [3.8, 4) is 5.75 Å². The third-order valence-corrected chi connectivity index (χ3v) is 4.46. The number of carbonyl (C=O) groups excluding carboxylic acids is 2. The summed E-state index contributed by atoms with van der Waals surface area (Å²) in [6, 6.07) is 3.24. The molecule has 0 radical (unpaired) electrons. The monoisotopic (exact) mass is 433 g/mol. The van der Waals surface area contributed by atoms with E-state index in [9.17, 15) is 9.59 Å². The second-order valence-corrected chi connectivity index (χ2v) is 8.23. The lowest BCUT2D eigenvalue weighted by Crippen LogP contribution is -2.35. The van der Waals surface area contributed by atoms with Gasteiger partial charge in [0.15, 0.2) is 0 Å². The molecule has 0 aliphatic heterocycles. The van der Waals surface area contributed by atoms with Crippen molar-refractivity contribution in [2.45, 2.75) is 32.8 Å². The molecule has 3 rings (SSSR count). The van der Waals surface area contributed by atoms with Crippen LogP contribution in [0.2, 0.25) is 5.28 Å². The molecule has 0 unspecified atom stereocenters. The summed E-state index contributed by atoms with van der Waals surface area (Å²) >= 11 is 5.88. The molecule has 0 fully saturated rings. The number of hydrogen-bond acceptors (Lipinski definition) is 6. The fraction of sp³-hybridized carbons (Fsp3) is 0.400. The van der Waals surface area contributed by atoms with Crippen molar-refractivity contribution >= 4 is 45.5 Å². The van der Waals surface area contributed by atoms with Crippen molar-refractivity contribution in [3.63, 3.8) is 0 Å². The molecule has 160 valence electrons. The highest BCUT2D eigenvalue weighted by Gasteiger charge is 2.19. The molecule has 0 aliphatic carbocycles. The van der Waals surface area contributed by atoms with Crippen molar-refractivity contribution < 1.29 is 19.1 Å². The SMILES string of the molecule is CN(CCCOc1cc(C(N)=O)cc2c1[nH]c1nc(Cl)ncc12)C(=O)OC(C)(C)C. The zero-order valence-electron chi connectivity index (χ0n) is 17.3. The average Bonchev–Trinajstić information content (AvgIpc) is 3.00. The molecule has 0 saturated heterocycles. The van der Waals surface area contributed by atoms with Crippen LogP contribution in [0, 0.1) is 0 Å². The Hall–Kier alpha value is -3.07. The van der Waals surface area contributed by atoms with Crippen LogP contribution in [0.25, 0.3) is 21.9 Å². The minimum atomic E-state index is -0.573. The Labute approximate surface area is 178 Å². The normalized spacial score (nSPS) is 11.6. The van der Waals surface area contributed by atoms with E-state index in [4.69, 9.17) is 26.8 Å². The molecule has 1 aromatic carbocycles. The van der Waals surface area contributed by atoms with Crippen molar-refractivity contribution in [1.82, 2.24) is 19.9 Å². The quantitative estimate of drug-likeness (QED) is 0.453. The zero-order chi connectivity index (χ0) is 22.1. The number of nitrogens with two attached hydrogens (primary N) is 1. The van der Waals surface area contributed by atoms with E-state index in [1.54, 1.807) is 25.4 Å². The summed E-state index contributed by atoms with van der Waals surface area (Å²) in [5.41, 5.74) is 6.42. The third-order valence-electron chi connectivity index (χ3n) is 4.28. The molecule has 2 amide bonds. The molecule has 9 nitrogen and oxygen atoms in total. The maximum absolute atomic E-state index is 12.0. The molecule has 3 aromatic rings. The van der Waals surface area contributed by atoms with Crippen LogP contribution in [0.1, 0.15) is 37.6 Å². The number of aromatic amines is 1. The van der Waals surface area contributed by atoms with Crippen LogP contribution >= 0.6 is 11.6 Å². The number of amides is 2. The Kier molecular flexibility index (Phi) is 6.02. The van der Waals surface area contributed by atoms with Gasteiger partial charge in [0.1, 0.15) is 17.0 Å². The molecule has 0 bridgehead atoms. The maximum Gasteiger partial charge on any atom is 0.410 e. The first-order valence-electron chi connectivity index (χ1n) is 9.40. The molecular weight excluding hydrogens is 410 g/mol. The number of H-pyrrole nitrogens is 1. The van der Waals surface area contributed by atoms with Gasteiger partial charge in [-0.25, -0.2) is 9.78 Å². The highest BCUT2D eigenvalue weighted by molar-refractivity contribution is 6.28. The number of ether oxygens (including phenoxy) is 2. The predicted molar refractivity (Wildman–Crippen MR) is 114 cm³/mol. The van der Waals surface area contributed by atoms with E-state index in [0.29, 0.717) is 52.8 Å². The number of aromatic nitrogens is 3. The Morgan fingerprint density at radius 2 is 2.00 bits per heavy atom. The summed E-state index contributed by atoms with van der Waals surface area (Å²) in [7, 11) is 1.67. The Bertz CT molecular complexity index is 1110. The number of carbonyl (C=O) groups is 2. The summed E-state index contributed by atoms with van der Waals surface area (Å²) in [6.45, 7) is 6.21. The van der Waals surface area contributed by atoms with E-state index < -0.39 is 17.6 Å². The molecule has 0 spiro atoms. The smallest absolute Gasteiger partial charge is 0.410 e. The molecule has 0 aliphatic rings. The lowest BCUT2D eigenvalue weighted by atomic mass is 10.1. The summed E-state index contributed by atoms with van der Waals surface area (Å²) in [5, 5.41) is 1.52. The van der Waals surface area contributed by atoms with Crippen LogP contribution in [-0.4, -0.2) is 57.7 Å². The summed E-state index contributed by atoms with van der Waals surface area (Å²) in [5.74, 6) is -0.119. The lowest BCUT2D eigenvalue weighted by molar-refractivity contribution is 0.0292. The number of hydrogen-bond donors (Lipinski definition) is 2. The van der Waals surface area contributed by atoms with E-state index in [-0.39, 0.29) is 5.28 Å². The number of halogens is 1. The van der Waals surface area contributed by atoms with Gasteiger partial charge in [0, 0.05) is 36.1 Å². The van der Waals surface area contributed by atoms with Crippen molar-refractivity contribution in [2.75, 3.05) is 20.2 Å². The average molecular weight is 434 g/mol. The second-order valence-electron chi connectivity index (χ2n) is 7.89. The standard InChI is InChI=1S/C20H24ClN5O4/c1-20(2,3)30-19(28)26(4)6-5-7-29-14-9-11(16(22)27)8-12-13-10-23-18(21)25-17(13)24-15(12)14/h8-10H,5-7H2,1-4H3,(H2,22,27)(H,23,24,25). The van der Waals surface area contributed by atoms with Gasteiger partial charge < -0.3 is 25.1 Å². The molecule has 2 heterocycles. The largest absolute Gasteiger partial charge is 0.491 e. The molecule has 0 atom stereocenters. The third kappa shape index (κ3) is 4.91. The van der Waals surface area contributed by atoms with Gasteiger partial charge >= 0.3 is 6.09 Å². The fourth-order valence-corrected chi connectivity index (χ4v) is 3.03. The van der Waals surface area contributed by atoms with E-state index in [0.717, 1.165) is 0 Å². The minimum Gasteiger partial charge on any atom is -0.491 e. The first kappa shape index (κ1) is 21.6. The van der Waals surface area contributed by atoms with E-state index in [2.05, 4.69) is 15.0 Å². The lowest BCUT2D eigenvalue weighted by Gasteiger charge is -2.24. The van der Waals surface area contributed by atoms with Crippen LogP contribution < -0.4 is 10.5 Å². The highest BCUT2D eigenvalue weighted by atomic mass is 35.5.